The molecule has 1 aliphatic heterocycles. The fraction of sp³-hybridized carbons (Fsp3) is 0.476. The maximum atomic E-state index is 10.7. The zero-order valence-corrected chi connectivity index (χ0v) is 15.7. The predicted octanol–water partition coefficient (Wildman–Crippen LogP) is 3.40. The van der Waals surface area contributed by atoms with Gasteiger partial charge in [-0.25, -0.2) is 11.5 Å². The first-order valence-electron chi connectivity index (χ1n) is 9.66. The van der Waals surface area contributed by atoms with Crippen molar-refractivity contribution >= 4 is 5.82 Å². The SMILES string of the molecule is [C-]#[N+]CN1CCC[C@@H](Nc2cc(C)c(-c3ccc4c(c3O)CCC4)nn2)C1. The summed E-state index contributed by atoms with van der Waals surface area (Å²) in [5, 5.41) is 22.9. The third kappa shape index (κ3) is 3.60. The summed E-state index contributed by atoms with van der Waals surface area (Å²) in [6, 6.07) is 6.36. The van der Waals surface area contributed by atoms with Crippen LogP contribution in [0.5, 0.6) is 5.75 Å². The Labute approximate surface area is 160 Å². The van der Waals surface area contributed by atoms with Gasteiger partial charge in [-0.2, -0.15) is 0 Å². The number of phenolic OH excluding ortho intramolecular Hbond substituents is 1. The number of rotatable bonds is 4. The molecular weight excluding hydrogens is 338 g/mol. The Hall–Kier alpha value is -2.65. The number of anilines is 1. The summed E-state index contributed by atoms with van der Waals surface area (Å²) in [5.74, 6) is 1.12. The van der Waals surface area contributed by atoms with Gasteiger partial charge in [0.05, 0.1) is 5.69 Å². The average molecular weight is 363 g/mol. The van der Waals surface area contributed by atoms with Gasteiger partial charge in [-0.1, -0.05) is 6.07 Å². The van der Waals surface area contributed by atoms with Crippen molar-refractivity contribution in [3.05, 3.63) is 46.3 Å². The highest BCUT2D eigenvalue weighted by molar-refractivity contribution is 5.73. The van der Waals surface area contributed by atoms with Crippen molar-refractivity contribution in [2.45, 2.75) is 45.1 Å². The van der Waals surface area contributed by atoms with Gasteiger partial charge >= 0.3 is 0 Å². The number of aromatic hydroxyl groups is 1. The molecule has 0 amide bonds. The fourth-order valence-electron chi connectivity index (χ4n) is 4.27. The van der Waals surface area contributed by atoms with Crippen LogP contribution in [-0.4, -0.2) is 46.0 Å². The molecule has 0 saturated carbocycles. The van der Waals surface area contributed by atoms with Gasteiger partial charge < -0.3 is 10.4 Å². The molecule has 2 aromatic rings. The standard InChI is InChI=1S/C21H25N5O/c1-14-11-19(23-16-6-4-10-26(12-16)13-22-2)24-25-20(14)18-9-8-15-5-3-7-17(15)21(18)27/h8-9,11,16,27H,3-7,10,12-13H2,1H3,(H,23,24)/t16-/m1/s1. The van der Waals surface area contributed by atoms with E-state index in [4.69, 9.17) is 6.57 Å². The van der Waals surface area contributed by atoms with Crippen molar-refractivity contribution in [3.63, 3.8) is 0 Å². The van der Waals surface area contributed by atoms with Crippen LogP contribution < -0.4 is 5.32 Å². The number of phenols is 1. The molecule has 6 nitrogen and oxygen atoms in total. The van der Waals surface area contributed by atoms with E-state index in [1.165, 1.54) is 5.56 Å². The van der Waals surface area contributed by atoms with Gasteiger partial charge in [-0.3, -0.25) is 4.85 Å². The Kier molecular flexibility index (Phi) is 4.95. The Morgan fingerprint density at radius 3 is 3.00 bits per heavy atom. The van der Waals surface area contributed by atoms with E-state index in [1.54, 1.807) is 0 Å². The first-order chi connectivity index (χ1) is 13.2. The van der Waals surface area contributed by atoms with Crippen molar-refractivity contribution < 1.29 is 5.11 Å². The molecule has 1 atom stereocenters. The maximum Gasteiger partial charge on any atom is 0.270 e. The van der Waals surface area contributed by atoms with Gasteiger partial charge in [0.25, 0.3) is 6.67 Å². The maximum absolute atomic E-state index is 10.7. The lowest BCUT2D eigenvalue weighted by Gasteiger charge is -2.30. The molecule has 4 rings (SSSR count). The lowest BCUT2D eigenvalue weighted by Crippen LogP contribution is -2.42. The lowest BCUT2D eigenvalue weighted by molar-refractivity contribution is 0.236. The van der Waals surface area contributed by atoms with Crippen LogP contribution in [-0.2, 0) is 12.8 Å². The van der Waals surface area contributed by atoms with Gasteiger partial charge in [-0.15, -0.1) is 10.2 Å². The van der Waals surface area contributed by atoms with Gasteiger partial charge in [0.2, 0.25) is 0 Å². The zero-order valence-electron chi connectivity index (χ0n) is 15.7. The molecule has 27 heavy (non-hydrogen) atoms. The van der Waals surface area contributed by atoms with Crippen molar-refractivity contribution in [1.82, 2.24) is 15.1 Å². The largest absolute Gasteiger partial charge is 0.507 e. The number of nitrogens with zero attached hydrogens (tertiary/aromatic N) is 4. The van der Waals surface area contributed by atoms with Crippen LogP contribution in [0.3, 0.4) is 0 Å². The van der Waals surface area contributed by atoms with E-state index >= 15 is 0 Å². The van der Waals surface area contributed by atoms with Crippen LogP contribution in [0.4, 0.5) is 5.82 Å². The first kappa shape index (κ1) is 17.7. The minimum Gasteiger partial charge on any atom is -0.507 e. The molecule has 1 saturated heterocycles. The number of nitrogens with one attached hydrogen (secondary N) is 1. The second-order valence-electron chi connectivity index (χ2n) is 7.57. The van der Waals surface area contributed by atoms with E-state index < -0.39 is 0 Å². The molecule has 2 aliphatic rings. The van der Waals surface area contributed by atoms with E-state index in [1.807, 2.05) is 19.1 Å². The molecule has 0 radical (unpaired) electrons. The summed E-state index contributed by atoms with van der Waals surface area (Å²) < 4.78 is 0. The number of aromatic nitrogens is 2. The lowest BCUT2D eigenvalue weighted by atomic mass is 10.00. The highest BCUT2D eigenvalue weighted by Crippen LogP contribution is 2.38. The Balaban J connectivity index is 1.53. The molecule has 0 unspecified atom stereocenters. The van der Waals surface area contributed by atoms with Crippen molar-refractivity contribution in [3.8, 4) is 17.0 Å². The van der Waals surface area contributed by atoms with E-state index in [2.05, 4.69) is 31.3 Å². The Morgan fingerprint density at radius 2 is 2.19 bits per heavy atom. The second kappa shape index (κ2) is 7.53. The minimum atomic E-state index is 0.286. The zero-order chi connectivity index (χ0) is 18.8. The van der Waals surface area contributed by atoms with Crippen molar-refractivity contribution in [2.75, 3.05) is 25.1 Å². The summed E-state index contributed by atoms with van der Waals surface area (Å²) in [6.07, 6.45) is 5.24. The summed E-state index contributed by atoms with van der Waals surface area (Å²) in [4.78, 5) is 5.66. The molecule has 1 aromatic heterocycles. The van der Waals surface area contributed by atoms with Gasteiger partial charge in [-0.05, 0) is 67.9 Å². The number of aryl methyl sites for hydroxylation is 2. The number of hydrogen-bond acceptors (Lipinski definition) is 5. The van der Waals surface area contributed by atoms with Gasteiger partial charge in [0.1, 0.15) is 11.6 Å². The van der Waals surface area contributed by atoms with Crippen molar-refractivity contribution in [1.29, 1.82) is 0 Å². The number of hydrogen-bond donors (Lipinski definition) is 2. The number of likely N-dealkylation sites (tertiary alicyclic amines) is 1. The summed E-state index contributed by atoms with van der Waals surface area (Å²) in [5.41, 5.74) is 4.83. The smallest absolute Gasteiger partial charge is 0.270 e. The summed E-state index contributed by atoms with van der Waals surface area (Å²) in [6.45, 7) is 11.4. The molecule has 6 heteroatoms. The molecule has 1 aromatic carbocycles. The molecule has 0 bridgehead atoms. The number of benzene rings is 1. The average Bonchev–Trinajstić information content (AvgIpc) is 3.13. The Morgan fingerprint density at radius 1 is 1.30 bits per heavy atom. The fourth-order valence-corrected chi connectivity index (χ4v) is 4.27. The minimum absolute atomic E-state index is 0.286. The molecule has 2 heterocycles. The third-order valence-electron chi connectivity index (χ3n) is 5.62. The molecule has 1 fully saturated rings. The number of piperidine rings is 1. The van der Waals surface area contributed by atoms with E-state index in [-0.39, 0.29) is 6.04 Å². The van der Waals surface area contributed by atoms with Crippen LogP contribution >= 0.6 is 0 Å². The molecule has 2 N–H and O–H groups in total. The predicted molar refractivity (Wildman–Crippen MR) is 106 cm³/mol. The topological polar surface area (TPSA) is 65.6 Å². The van der Waals surface area contributed by atoms with Crippen molar-refractivity contribution in [2.24, 2.45) is 0 Å². The van der Waals surface area contributed by atoms with E-state index in [0.29, 0.717) is 12.4 Å². The molecule has 1 aliphatic carbocycles. The monoisotopic (exact) mass is 363 g/mol. The summed E-state index contributed by atoms with van der Waals surface area (Å²) >= 11 is 0. The van der Waals surface area contributed by atoms with Crippen LogP contribution in [0.15, 0.2) is 18.2 Å². The quantitative estimate of drug-likeness (QED) is 0.815. The molecular formula is C21H25N5O. The van der Waals surface area contributed by atoms with E-state index in [0.717, 1.165) is 73.4 Å². The highest BCUT2D eigenvalue weighted by atomic mass is 16.3. The number of fused-ring (bicyclic) bond motifs is 1. The summed E-state index contributed by atoms with van der Waals surface area (Å²) in [7, 11) is 0. The first-order valence-corrected chi connectivity index (χ1v) is 9.66. The van der Waals surface area contributed by atoms with Gasteiger partial charge in [0, 0.05) is 24.7 Å². The normalized spacial score (nSPS) is 19.5. The van der Waals surface area contributed by atoms with E-state index in [9.17, 15) is 5.11 Å². The third-order valence-corrected chi connectivity index (χ3v) is 5.62. The van der Waals surface area contributed by atoms with Gasteiger partial charge in [0.15, 0.2) is 0 Å². The second-order valence-corrected chi connectivity index (χ2v) is 7.57. The molecule has 0 spiro atoms. The van der Waals surface area contributed by atoms with Crippen LogP contribution in [0.1, 0.15) is 36.0 Å². The Bertz CT molecular complexity index is 889. The highest BCUT2D eigenvalue weighted by Gasteiger charge is 2.23. The van der Waals surface area contributed by atoms with Crippen LogP contribution in [0.2, 0.25) is 0 Å². The molecule has 140 valence electrons. The van der Waals surface area contributed by atoms with Crippen LogP contribution in [0, 0.1) is 13.5 Å². The van der Waals surface area contributed by atoms with Crippen LogP contribution in [0.25, 0.3) is 16.1 Å².